The molecule has 0 atom stereocenters. The van der Waals surface area contributed by atoms with Crippen LogP contribution in [0.2, 0.25) is 0 Å². The molecule has 1 amide bonds. The maximum Gasteiger partial charge on any atom is 0.267 e. The van der Waals surface area contributed by atoms with Gasteiger partial charge < -0.3 is 15.0 Å². The summed E-state index contributed by atoms with van der Waals surface area (Å²) in [6.45, 7) is 0.441. The van der Waals surface area contributed by atoms with Crippen molar-refractivity contribution in [2.75, 3.05) is 13.7 Å². The minimum Gasteiger partial charge on any atom is -0.497 e. The lowest BCUT2D eigenvalue weighted by Gasteiger charge is -2.10. The Kier molecular flexibility index (Phi) is 5.64. The first-order valence-corrected chi connectivity index (χ1v) is 10.1. The van der Waals surface area contributed by atoms with Crippen molar-refractivity contribution in [2.24, 2.45) is 0 Å². The van der Waals surface area contributed by atoms with E-state index in [1.165, 1.54) is 4.68 Å². The van der Waals surface area contributed by atoms with Crippen molar-refractivity contribution >= 4 is 16.8 Å². The maximum atomic E-state index is 12.4. The van der Waals surface area contributed by atoms with Crippen LogP contribution in [0.15, 0.2) is 35.3 Å². The minimum atomic E-state index is -0.204. The van der Waals surface area contributed by atoms with E-state index in [9.17, 15) is 9.59 Å². The van der Waals surface area contributed by atoms with Crippen LogP contribution in [0, 0.1) is 0 Å². The summed E-state index contributed by atoms with van der Waals surface area (Å²) in [5.74, 6) is 0.599. The molecule has 2 N–H and O–H groups in total. The monoisotopic (exact) mass is 394 g/mol. The summed E-state index contributed by atoms with van der Waals surface area (Å²) < 4.78 is 6.58. The molecule has 0 saturated heterocycles. The maximum absolute atomic E-state index is 12.4. The van der Waals surface area contributed by atoms with Crippen molar-refractivity contribution < 1.29 is 9.53 Å². The summed E-state index contributed by atoms with van der Waals surface area (Å²) in [5.41, 5.74) is 3.94. The summed E-state index contributed by atoms with van der Waals surface area (Å²) in [6, 6.07) is 7.53. The fraction of sp³-hybridized carbons (Fsp3) is 0.409. The van der Waals surface area contributed by atoms with Crippen LogP contribution in [0.5, 0.6) is 5.75 Å². The first kappa shape index (κ1) is 19.2. The minimum absolute atomic E-state index is 0.0478. The molecule has 7 nitrogen and oxygen atoms in total. The highest BCUT2D eigenvalue weighted by molar-refractivity contribution is 5.84. The Hall–Kier alpha value is -3.09. The second kappa shape index (κ2) is 8.51. The molecule has 0 aliphatic heterocycles. The third kappa shape index (κ3) is 4.34. The number of nitrogens with zero attached hydrogens (tertiary/aromatic N) is 2. The van der Waals surface area contributed by atoms with Crippen molar-refractivity contribution in [3.8, 4) is 5.75 Å². The van der Waals surface area contributed by atoms with Crippen LogP contribution in [-0.4, -0.2) is 34.3 Å². The number of H-pyrrole nitrogens is 1. The molecule has 4 rings (SSSR count). The number of methoxy groups -OCH3 is 1. The highest BCUT2D eigenvalue weighted by atomic mass is 16.5. The molecule has 1 aromatic carbocycles. The van der Waals surface area contributed by atoms with E-state index >= 15 is 0 Å². The number of nitrogens with one attached hydrogen (secondary N) is 2. The number of carbonyl (C=O) groups excluding carboxylic acids is 1. The van der Waals surface area contributed by atoms with E-state index < -0.39 is 0 Å². The van der Waals surface area contributed by atoms with Crippen molar-refractivity contribution in [1.82, 2.24) is 20.1 Å². The summed E-state index contributed by atoms with van der Waals surface area (Å²) in [7, 11) is 1.64. The van der Waals surface area contributed by atoms with Crippen molar-refractivity contribution in [3.63, 3.8) is 0 Å². The third-order valence-corrected chi connectivity index (χ3v) is 5.51. The van der Waals surface area contributed by atoms with Gasteiger partial charge in [-0.25, -0.2) is 4.68 Å². The van der Waals surface area contributed by atoms with Crippen LogP contribution < -0.4 is 15.6 Å². The molecule has 1 aliphatic carbocycles. The summed E-state index contributed by atoms with van der Waals surface area (Å²) >= 11 is 0. The number of hydrogen-bond acceptors (Lipinski definition) is 4. The number of carbonyl (C=O) groups is 1. The number of fused-ring (bicyclic) bond motifs is 2. The zero-order chi connectivity index (χ0) is 20.2. The molecular formula is C22H26N4O3. The first-order chi connectivity index (χ1) is 14.1. The number of aromatic nitrogens is 3. The van der Waals surface area contributed by atoms with Gasteiger partial charge in [-0.3, -0.25) is 9.59 Å². The van der Waals surface area contributed by atoms with Gasteiger partial charge in [0.25, 0.3) is 5.56 Å². The van der Waals surface area contributed by atoms with Gasteiger partial charge in [0.2, 0.25) is 5.91 Å². The lowest BCUT2D eigenvalue weighted by molar-refractivity contribution is -0.121. The third-order valence-electron chi connectivity index (χ3n) is 5.51. The SMILES string of the molecule is COc1ccc2[nH]cc(CCNC(=O)Cn3nc4c(cc3=O)CCCCC4)c2c1. The quantitative estimate of drug-likeness (QED) is 0.628. The van der Waals surface area contributed by atoms with E-state index in [2.05, 4.69) is 15.4 Å². The van der Waals surface area contributed by atoms with Crippen molar-refractivity contribution in [2.45, 2.75) is 45.1 Å². The van der Waals surface area contributed by atoms with Gasteiger partial charge in [-0.05, 0) is 61.4 Å². The Morgan fingerprint density at radius 2 is 2.10 bits per heavy atom. The summed E-state index contributed by atoms with van der Waals surface area (Å²) in [4.78, 5) is 27.9. The molecule has 3 aromatic rings. The summed E-state index contributed by atoms with van der Waals surface area (Å²) in [5, 5.41) is 8.44. The smallest absolute Gasteiger partial charge is 0.267 e. The lowest BCUT2D eigenvalue weighted by Crippen LogP contribution is -2.35. The highest BCUT2D eigenvalue weighted by Crippen LogP contribution is 2.23. The fourth-order valence-corrected chi connectivity index (χ4v) is 3.91. The van der Waals surface area contributed by atoms with E-state index in [0.717, 1.165) is 65.6 Å². The van der Waals surface area contributed by atoms with Gasteiger partial charge in [-0.2, -0.15) is 5.10 Å². The Bertz CT molecular complexity index is 1080. The molecule has 0 bridgehead atoms. The van der Waals surface area contributed by atoms with E-state index in [0.29, 0.717) is 13.0 Å². The number of benzene rings is 1. The van der Waals surface area contributed by atoms with Gasteiger partial charge in [-0.1, -0.05) is 6.42 Å². The number of rotatable bonds is 6. The molecule has 0 fully saturated rings. The van der Waals surface area contributed by atoms with Crippen LogP contribution in [0.1, 0.15) is 36.1 Å². The van der Waals surface area contributed by atoms with Crippen LogP contribution in [0.25, 0.3) is 10.9 Å². The molecule has 1 aliphatic rings. The molecule has 0 saturated carbocycles. The average molecular weight is 394 g/mol. The largest absolute Gasteiger partial charge is 0.497 e. The molecule has 2 aromatic heterocycles. The Morgan fingerprint density at radius 1 is 1.24 bits per heavy atom. The van der Waals surface area contributed by atoms with E-state index in [-0.39, 0.29) is 18.0 Å². The standard InChI is InChI=1S/C22H26N4O3/c1-29-17-7-8-20-18(12-17)16(13-24-20)9-10-23-21(27)14-26-22(28)11-15-5-3-2-4-6-19(15)25-26/h7-8,11-13,24H,2-6,9-10,14H2,1H3,(H,23,27). The second-order valence-corrected chi connectivity index (χ2v) is 7.50. The van der Waals surface area contributed by atoms with Gasteiger partial charge in [0.05, 0.1) is 12.8 Å². The molecular weight excluding hydrogens is 368 g/mol. The van der Waals surface area contributed by atoms with Gasteiger partial charge in [0.15, 0.2) is 0 Å². The zero-order valence-corrected chi connectivity index (χ0v) is 16.7. The molecule has 7 heteroatoms. The van der Waals surface area contributed by atoms with E-state index in [4.69, 9.17) is 4.74 Å². The normalized spacial score (nSPS) is 13.7. The highest BCUT2D eigenvalue weighted by Gasteiger charge is 2.14. The van der Waals surface area contributed by atoms with Crippen LogP contribution in [-0.2, 0) is 30.6 Å². The van der Waals surface area contributed by atoms with E-state index in [1.807, 2.05) is 24.4 Å². The van der Waals surface area contributed by atoms with Crippen LogP contribution in [0.4, 0.5) is 0 Å². The predicted molar refractivity (Wildman–Crippen MR) is 111 cm³/mol. The number of amides is 1. The van der Waals surface area contributed by atoms with Gasteiger partial charge in [0, 0.05) is 29.7 Å². The molecule has 2 heterocycles. The number of aromatic amines is 1. The Labute approximate surface area is 169 Å². The average Bonchev–Trinajstić information content (AvgIpc) is 2.98. The Morgan fingerprint density at radius 3 is 2.97 bits per heavy atom. The molecule has 0 unspecified atom stereocenters. The predicted octanol–water partition coefficient (Wildman–Crippen LogP) is 2.36. The van der Waals surface area contributed by atoms with Gasteiger partial charge in [-0.15, -0.1) is 0 Å². The lowest BCUT2D eigenvalue weighted by atomic mass is 10.1. The topological polar surface area (TPSA) is 89.0 Å². The molecule has 0 radical (unpaired) electrons. The number of ether oxygens (including phenoxy) is 1. The number of hydrogen-bond donors (Lipinski definition) is 2. The van der Waals surface area contributed by atoms with Crippen molar-refractivity contribution in [3.05, 3.63) is 57.6 Å². The van der Waals surface area contributed by atoms with Crippen LogP contribution >= 0.6 is 0 Å². The second-order valence-electron chi connectivity index (χ2n) is 7.50. The van der Waals surface area contributed by atoms with Gasteiger partial charge >= 0.3 is 0 Å². The summed E-state index contributed by atoms with van der Waals surface area (Å²) in [6.07, 6.45) is 7.75. The van der Waals surface area contributed by atoms with E-state index in [1.54, 1.807) is 13.2 Å². The fourth-order valence-electron chi connectivity index (χ4n) is 3.91. The molecule has 0 spiro atoms. The van der Waals surface area contributed by atoms with Crippen LogP contribution in [0.3, 0.4) is 0 Å². The Balaban J connectivity index is 1.37. The zero-order valence-electron chi connectivity index (χ0n) is 16.7. The molecule has 152 valence electrons. The van der Waals surface area contributed by atoms with Gasteiger partial charge in [0.1, 0.15) is 12.3 Å². The first-order valence-electron chi connectivity index (χ1n) is 10.1. The van der Waals surface area contributed by atoms with Crippen molar-refractivity contribution in [1.29, 1.82) is 0 Å². The molecule has 29 heavy (non-hydrogen) atoms. The number of aryl methyl sites for hydroxylation is 2.